The molecule has 0 aromatic carbocycles. The number of aliphatic hydroxyl groups is 1. The van der Waals surface area contributed by atoms with Crippen molar-refractivity contribution in [1.29, 1.82) is 0 Å². The maximum absolute atomic E-state index is 12.2. The summed E-state index contributed by atoms with van der Waals surface area (Å²) < 4.78 is 1.70. The van der Waals surface area contributed by atoms with Crippen molar-refractivity contribution in [3.63, 3.8) is 0 Å². The molecule has 0 bridgehead atoms. The average molecular weight is 253 g/mol. The minimum Gasteiger partial charge on any atom is -0.394 e. The van der Waals surface area contributed by atoms with Crippen LogP contribution >= 0.6 is 0 Å². The molecule has 0 saturated carbocycles. The fraction of sp³-hybridized carbons (Fsp3) is 0.692. The number of carbonyl (C=O) groups excluding carboxylic acids is 1. The average Bonchev–Trinajstić information content (AvgIpc) is 2.51. The molecule has 0 aliphatic heterocycles. The van der Waals surface area contributed by atoms with E-state index in [4.69, 9.17) is 0 Å². The normalized spacial score (nSPS) is 12.8. The second-order valence-corrected chi connectivity index (χ2v) is 5.15. The van der Waals surface area contributed by atoms with Crippen molar-refractivity contribution in [2.45, 2.75) is 40.2 Å². The van der Waals surface area contributed by atoms with E-state index in [1.54, 1.807) is 4.68 Å². The highest BCUT2D eigenvalue weighted by atomic mass is 16.3. The van der Waals surface area contributed by atoms with Crippen LogP contribution in [0.4, 0.5) is 0 Å². The fourth-order valence-corrected chi connectivity index (χ4v) is 2.11. The van der Waals surface area contributed by atoms with Crippen LogP contribution < -0.4 is 5.32 Å². The van der Waals surface area contributed by atoms with Gasteiger partial charge in [0.25, 0.3) is 5.91 Å². The third-order valence-corrected chi connectivity index (χ3v) is 3.05. The zero-order valence-corrected chi connectivity index (χ0v) is 11.8. The number of aromatic nitrogens is 2. The maximum Gasteiger partial charge on any atom is 0.255 e. The molecule has 1 unspecified atom stereocenters. The maximum atomic E-state index is 12.2. The van der Waals surface area contributed by atoms with E-state index in [0.29, 0.717) is 17.2 Å². The summed E-state index contributed by atoms with van der Waals surface area (Å²) in [4.78, 5) is 12.2. The highest BCUT2D eigenvalue weighted by Crippen LogP contribution is 2.13. The van der Waals surface area contributed by atoms with Gasteiger partial charge in [-0.3, -0.25) is 9.48 Å². The summed E-state index contributed by atoms with van der Waals surface area (Å²) in [5.41, 5.74) is 2.17. The lowest BCUT2D eigenvalue weighted by molar-refractivity contribution is 0.0907. The Morgan fingerprint density at radius 1 is 1.44 bits per heavy atom. The predicted octanol–water partition coefficient (Wildman–Crippen LogP) is 1.17. The second kappa shape index (κ2) is 6.00. The Morgan fingerprint density at radius 2 is 2.06 bits per heavy atom. The Labute approximate surface area is 108 Å². The van der Waals surface area contributed by atoms with Gasteiger partial charge in [-0.2, -0.15) is 5.10 Å². The van der Waals surface area contributed by atoms with Crippen LogP contribution in [0.5, 0.6) is 0 Å². The summed E-state index contributed by atoms with van der Waals surface area (Å²) in [5, 5.41) is 16.4. The summed E-state index contributed by atoms with van der Waals surface area (Å²) in [6.07, 6.45) is 0.764. The number of hydrogen-bond acceptors (Lipinski definition) is 3. The lowest BCUT2D eigenvalue weighted by atomic mass is 10.0. The zero-order valence-electron chi connectivity index (χ0n) is 11.8. The summed E-state index contributed by atoms with van der Waals surface area (Å²) in [6.45, 7) is 7.77. The molecule has 5 nitrogen and oxygen atoms in total. The Balaban J connectivity index is 2.81. The highest BCUT2D eigenvalue weighted by molar-refractivity contribution is 5.96. The number of nitrogens with one attached hydrogen (secondary N) is 1. The van der Waals surface area contributed by atoms with E-state index in [1.807, 2.05) is 20.9 Å². The van der Waals surface area contributed by atoms with E-state index in [-0.39, 0.29) is 18.6 Å². The van der Waals surface area contributed by atoms with Gasteiger partial charge in [0.05, 0.1) is 23.9 Å². The van der Waals surface area contributed by atoms with E-state index in [2.05, 4.69) is 24.3 Å². The summed E-state index contributed by atoms with van der Waals surface area (Å²) in [6, 6.07) is -0.198. The van der Waals surface area contributed by atoms with Gasteiger partial charge in [0, 0.05) is 12.7 Å². The Hall–Kier alpha value is -1.36. The molecule has 5 heteroatoms. The Bertz CT molecular complexity index is 424. The first-order chi connectivity index (χ1) is 8.36. The van der Waals surface area contributed by atoms with Crippen LogP contribution in [0.25, 0.3) is 0 Å². The molecule has 0 saturated heterocycles. The molecule has 102 valence electrons. The predicted molar refractivity (Wildman–Crippen MR) is 70.5 cm³/mol. The Kier molecular flexibility index (Phi) is 4.90. The number of aryl methyl sites for hydroxylation is 2. The molecule has 2 N–H and O–H groups in total. The number of carbonyl (C=O) groups is 1. The largest absolute Gasteiger partial charge is 0.394 e. The minimum absolute atomic E-state index is 0.0394. The van der Waals surface area contributed by atoms with Gasteiger partial charge < -0.3 is 10.4 Å². The van der Waals surface area contributed by atoms with Gasteiger partial charge in [-0.05, 0) is 26.2 Å². The standard InChI is InChI=1S/C13H23N3O2/c1-8(2)6-11(7-17)14-13(18)12-9(3)15-16(5)10(12)4/h8,11,17H,6-7H2,1-5H3,(H,14,18). The number of rotatable bonds is 5. The molecule has 1 aromatic rings. The van der Waals surface area contributed by atoms with Crippen molar-refractivity contribution in [3.05, 3.63) is 17.0 Å². The van der Waals surface area contributed by atoms with E-state index in [9.17, 15) is 9.90 Å². The van der Waals surface area contributed by atoms with Crippen LogP contribution in [0.1, 0.15) is 42.0 Å². The van der Waals surface area contributed by atoms with Gasteiger partial charge >= 0.3 is 0 Å². The first kappa shape index (κ1) is 14.7. The molecule has 0 fully saturated rings. The molecule has 1 amide bonds. The number of amides is 1. The lowest BCUT2D eigenvalue weighted by Gasteiger charge is -2.18. The summed E-state index contributed by atoms with van der Waals surface area (Å²) >= 11 is 0. The van der Waals surface area contributed by atoms with Gasteiger partial charge in [-0.1, -0.05) is 13.8 Å². The van der Waals surface area contributed by atoms with Crippen LogP contribution in [0.2, 0.25) is 0 Å². The van der Waals surface area contributed by atoms with Crippen molar-refractivity contribution >= 4 is 5.91 Å². The van der Waals surface area contributed by atoms with Gasteiger partial charge in [0.2, 0.25) is 0 Å². The minimum atomic E-state index is -0.198. The van der Waals surface area contributed by atoms with Gasteiger partial charge in [0.15, 0.2) is 0 Å². The van der Waals surface area contributed by atoms with E-state index in [0.717, 1.165) is 12.1 Å². The molecular weight excluding hydrogens is 230 g/mol. The van der Waals surface area contributed by atoms with Gasteiger partial charge in [-0.25, -0.2) is 0 Å². The van der Waals surface area contributed by atoms with Crippen LogP contribution in [0.15, 0.2) is 0 Å². The number of nitrogens with zero attached hydrogens (tertiary/aromatic N) is 2. The SMILES string of the molecule is Cc1nn(C)c(C)c1C(=O)NC(CO)CC(C)C. The Morgan fingerprint density at radius 3 is 2.44 bits per heavy atom. The van der Waals surface area contributed by atoms with Crippen molar-refractivity contribution in [2.75, 3.05) is 6.61 Å². The van der Waals surface area contributed by atoms with Gasteiger partial charge in [-0.15, -0.1) is 0 Å². The first-order valence-corrected chi connectivity index (χ1v) is 6.28. The number of aliphatic hydroxyl groups excluding tert-OH is 1. The van der Waals surface area contributed by atoms with E-state index in [1.165, 1.54) is 0 Å². The monoisotopic (exact) mass is 253 g/mol. The van der Waals surface area contributed by atoms with Crippen LogP contribution in [-0.4, -0.2) is 33.4 Å². The third kappa shape index (κ3) is 3.32. The molecule has 0 spiro atoms. The van der Waals surface area contributed by atoms with Crippen molar-refractivity contribution in [1.82, 2.24) is 15.1 Å². The molecular formula is C13H23N3O2. The van der Waals surface area contributed by atoms with Crippen LogP contribution in [0.3, 0.4) is 0 Å². The molecule has 1 rings (SSSR count). The van der Waals surface area contributed by atoms with Crippen molar-refractivity contribution < 1.29 is 9.90 Å². The third-order valence-electron chi connectivity index (χ3n) is 3.05. The van der Waals surface area contributed by atoms with Crippen LogP contribution in [-0.2, 0) is 7.05 Å². The van der Waals surface area contributed by atoms with Crippen molar-refractivity contribution in [2.24, 2.45) is 13.0 Å². The lowest BCUT2D eigenvalue weighted by Crippen LogP contribution is -2.38. The molecule has 18 heavy (non-hydrogen) atoms. The van der Waals surface area contributed by atoms with Gasteiger partial charge in [0.1, 0.15) is 0 Å². The molecule has 1 aromatic heterocycles. The molecule has 0 radical (unpaired) electrons. The summed E-state index contributed by atoms with van der Waals surface area (Å²) in [5.74, 6) is 0.274. The first-order valence-electron chi connectivity index (χ1n) is 6.28. The summed E-state index contributed by atoms with van der Waals surface area (Å²) in [7, 11) is 1.82. The topological polar surface area (TPSA) is 67.2 Å². The molecule has 0 aliphatic rings. The molecule has 0 aliphatic carbocycles. The molecule has 1 heterocycles. The quantitative estimate of drug-likeness (QED) is 0.828. The van der Waals surface area contributed by atoms with Crippen LogP contribution in [0, 0.1) is 19.8 Å². The smallest absolute Gasteiger partial charge is 0.255 e. The highest BCUT2D eigenvalue weighted by Gasteiger charge is 2.20. The molecule has 1 atom stereocenters. The second-order valence-electron chi connectivity index (χ2n) is 5.15. The fourth-order valence-electron chi connectivity index (χ4n) is 2.11. The van der Waals surface area contributed by atoms with E-state index < -0.39 is 0 Å². The zero-order chi connectivity index (χ0) is 13.9. The van der Waals surface area contributed by atoms with E-state index >= 15 is 0 Å². The number of hydrogen-bond donors (Lipinski definition) is 2. The van der Waals surface area contributed by atoms with Crippen molar-refractivity contribution in [3.8, 4) is 0 Å².